The third-order valence-corrected chi connectivity index (χ3v) is 4.56. The van der Waals surface area contributed by atoms with Gasteiger partial charge in [0.1, 0.15) is 0 Å². The van der Waals surface area contributed by atoms with Crippen LogP contribution in [0.5, 0.6) is 0 Å². The molecule has 2 nitrogen and oxygen atoms in total. The van der Waals surface area contributed by atoms with Crippen molar-refractivity contribution in [3.63, 3.8) is 0 Å². The fraction of sp³-hybridized carbons (Fsp3) is 0.647. The first-order valence-electron chi connectivity index (χ1n) is 7.76. The fourth-order valence-electron chi connectivity index (χ4n) is 2.41. The lowest BCUT2D eigenvalue weighted by atomic mass is 10.1. The zero-order valence-electron chi connectivity index (χ0n) is 13.5. The summed E-state index contributed by atoms with van der Waals surface area (Å²) in [6, 6.07) is 7.69. The van der Waals surface area contributed by atoms with Gasteiger partial charge in [0.2, 0.25) is 0 Å². The van der Waals surface area contributed by atoms with Crippen LogP contribution in [-0.4, -0.2) is 19.6 Å². The van der Waals surface area contributed by atoms with Gasteiger partial charge in [-0.05, 0) is 66.9 Å². The molecular weight excluding hydrogens is 312 g/mol. The van der Waals surface area contributed by atoms with Gasteiger partial charge in [0.15, 0.2) is 0 Å². The first-order valence-corrected chi connectivity index (χ1v) is 8.56. The van der Waals surface area contributed by atoms with E-state index in [0.717, 1.165) is 6.54 Å². The molecule has 0 spiro atoms. The van der Waals surface area contributed by atoms with E-state index < -0.39 is 0 Å². The number of benzene rings is 1. The lowest BCUT2D eigenvalue weighted by Crippen LogP contribution is -2.29. The number of anilines is 1. The Kier molecular flexibility index (Phi) is 7.60. The summed E-state index contributed by atoms with van der Waals surface area (Å²) in [5, 5.41) is 3.53. The van der Waals surface area contributed by atoms with Crippen LogP contribution in [0.15, 0.2) is 22.7 Å². The topological polar surface area (TPSA) is 15.3 Å². The second-order valence-electron chi connectivity index (χ2n) is 5.64. The Labute approximate surface area is 133 Å². The largest absolute Gasteiger partial charge is 0.371 e. The molecule has 0 aliphatic carbocycles. The van der Waals surface area contributed by atoms with E-state index in [-0.39, 0.29) is 0 Å². The Morgan fingerprint density at radius 1 is 1.20 bits per heavy atom. The number of hydrogen-bond donors (Lipinski definition) is 1. The molecule has 0 aromatic heterocycles. The zero-order chi connectivity index (χ0) is 15.1. The van der Waals surface area contributed by atoms with Crippen molar-refractivity contribution in [3.05, 3.63) is 28.2 Å². The van der Waals surface area contributed by atoms with Crippen LogP contribution in [0.4, 0.5) is 5.69 Å². The van der Waals surface area contributed by atoms with E-state index in [4.69, 9.17) is 0 Å². The van der Waals surface area contributed by atoms with Crippen LogP contribution in [0.1, 0.15) is 58.6 Å². The summed E-state index contributed by atoms with van der Waals surface area (Å²) >= 11 is 3.73. The van der Waals surface area contributed by atoms with Crippen molar-refractivity contribution in [2.75, 3.05) is 18.5 Å². The van der Waals surface area contributed by atoms with Crippen molar-refractivity contribution >= 4 is 21.6 Å². The molecule has 1 rings (SSSR count). The minimum atomic E-state index is 0.402. The molecule has 0 amide bonds. The van der Waals surface area contributed by atoms with Gasteiger partial charge in [0.25, 0.3) is 0 Å². The lowest BCUT2D eigenvalue weighted by Gasteiger charge is -2.28. The Balaban J connectivity index is 2.82. The van der Waals surface area contributed by atoms with Crippen LogP contribution in [0.25, 0.3) is 0 Å². The van der Waals surface area contributed by atoms with Gasteiger partial charge in [0.05, 0.1) is 5.69 Å². The van der Waals surface area contributed by atoms with Crippen molar-refractivity contribution in [2.45, 2.75) is 59.0 Å². The minimum absolute atomic E-state index is 0.402. The smallest absolute Gasteiger partial charge is 0.0510 e. The minimum Gasteiger partial charge on any atom is -0.371 e. The molecule has 0 saturated heterocycles. The predicted molar refractivity (Wildman–Crippen MR) is 93.6 cm³/mol. The summed E-state index contributed by atoms with van der Waals surface area (Å²) in [6.07, 6.45) is 3.61. The molecule has 0 aliphatic heterocycles. The highest BCUT2D eigenvalue weighted by molar-refractivity contribution is 9.10. The lowest BCUT2D eigenvalue weighted by molar-refractivity contribution is 0.570. The normalized spacial score (nSPS) is 14.1. The van der Waals surface area contributed by atoms with Crippen LogP contribution >= 0.6 is 15.9 Å². The van der Waals surface area contributed by atoms with Crippen molar-refractivity contribution in [2.24, 2.45) is 0 Å². The maximum atomic E-state index is 3.73. The molecule has 0 aliphatic rings. The SMILES string of the molecule is CCCNC(C)c1ccc(N(C)C(C)CCC)c(Br)c1. The molecule has 1 N–H and O–H groups in total. The molecule has 114 valence electrons. The second-order valence-corrected chi connectivity index (χ2v) is 6.49. The van der Waals surface area contributed by atoms with Gasteiger partial charge in [0, 0.05) is 23.6 Å². The van der Waals surface area contributed by atoms with Gasteiger partial charge in [-0.3, -0.25) is 0 Å². The average molecular weight is 341 g/mol. The number of nitrogens with zero attached hydrogens (tertiary/aromatic N) is 1. The molecule has 0 radical (unpaired) electrons. The second kappa shape index (κ2) is 8.68. The molecule has 20 heavy (non-hydrogen) atoms. The molecule has 0 saturated carbocycles. The molecule has 0 bridgehead atoms. The van der Waals surface area contributed by atoms with E-state index >= 15 is 0 Å². The Hall–Kier alpha value is -0.540. The third kappa shape index (κ3) is 4.78. The number of rotatable bonds is 8. The first-order chi connectivity index (χ1) is 9.51. The van der Waals surface area contributed by atoms with Crippen LogP contribution in [0.3, 0.4) is 0 Å². The predicted octanol–water partition coefficient (Wildman–Crippen LogP) is 5.13. The van der Waals surface area contributed by atoms with Crippen LogP contribution in [0.2, 0.25) is 0 Å². The van der Waals surface area contributed by atoms with E-state index in [2.05, 4.69) is 79.1 Å². The number of hydrogen-bond acceptors (Lipinski definition) is 2. The van der Waals surface area contributed by atoms with Crippen molar-refractivity contribution < 1.29 is 0 Å². The standard InChI is InChI=1S/C17H29BrN2/c1-6-8-13(3)20(5)17-10-9-15(12-16(17)18)14(4)19-11-7-2/h9-10,12-14,19H,6-8,11H2,1-5H3. The summed E-state index contributed by atoms with van der Waals surface area (Å²) in [7, 11) is 2.18. The number of halogens is 1. The van der Waals surface area contributed by atoms with Crippen molar-refractivity contribution in [3.8, 4) is 0 Å². The zero-order valence-corrected chi connectivity index (χ0v) is 15.1. The van der Waals surface area contributed by atoms with Gasteiger partial charge < -0.3 is 10.2 Å². The van der Waals surface area contributed by atoms with E-state index in [9.17, 15) is 0 Å². The molecule has 1 aromatic rings. The third-order valence-electron chi connectivity index (χ3n) is 3.92. The molecular formula is C17H29BrN2. The summed E-state index contributed by atoms with van der Waals surface area (Å²) in [4.78, 5) is 2.36. The summed E-state index contributed by atoms with van der Waals surface area (Å²) in [6.45, 7) is 10.0. The van der Waals surface area contributed by atoms with Gasteiger partial charge in [-0.15, -0.1) is 0 Å². The molecule has 1 aromatic carbocycles. The van der Waals surface area contributed by atoms with E-state index in [0.29, 0.717) is 12.1 Å². The van der Waals surface area contributed by atoms with E-state index in [1.54, 1.807) is 0 Å². The van der Waals surface area contributed by atoms with E-state index in [1.807, 2.05) is 0 Å². The Morgan fingerprint density at radius 3 is 2.45 bits per heavy atom. The van der Waals surface area contributed by atoms with Crippen LogP contribution < -0.4 is 10.2 Å². The van der Waals surface area contributed by atoms with Gasteiger partial charge in [-0.2, -0.15) is 0 Å². The quantitative estimate of drug-likeness (QED) is 0.705. The molecule has 0 heterocycles. The van der Waals surface area contributed by atoms with Gasteiger partial charge in [-0.1, -0.05) is 26.3 Å². The summed E-state index contributed by atoms with van der Waals surface area (Å²) in [5.41, 5.74) is 2.61. The molecule has 3 heteroatoms. The van der Waals surface area contributed by atoms with Crippen LogP contribution in [-0.2, 0) is 0 Å². The first kappa shape index (κ1) is 17.5. The highest BCUT2D eigenvalue weighted by Gasteiger charge is 2.13. The molecule has 0 fully saturated rings. The highest BCUT2D eigenvalue weighted by atomic mass is 79.9. The monoisotopic (exact) mass is 340 g/mol. The maximum absolute atomic E-state index is 3.73. The van der Waals surface area contributed by atoms with Crippen molar-refractivity contribution in [1.82, 2.24) is 5.32 Å². The van der Waals surface area contributed by atoms with Crippen molar-refractivity contribution in [1.29, 1.82) is 0 Å². The fourth-order valence-corrected chi connectivity index (χ4v) is 3.08. The van der Waals surface area contributed by atoms with E-state index in [1.165, 1.54) is 35.0 Å². The summed E-state index contributed by atoms with van der Waals surface area (Å²) in [5.74, 6) is 0. The Bertz CT molecular complexity index is 406. The average Bonchev–Trinajstić information content (AvgIpc) is 2.44. The highest BCUT2D eigenvalue weighted by Crippen LogP contribution is 2.30. The number of nitrogens with one attached hydrogen (secondary N) is 1. The molecule has 2 atom stereocenters. The van der Waals surface area contributed by atoms with Crippen LogP contribution in [0, 0.1) is 0 Å². The summed E-state index contributed by atoms with van der Waals surface area (Å²) < 4.78 is 1.19. The van der Waals surface area contributed by atoms with Gasteiger partial charge in [-0.25, -0.2) is 0 Å². The molecule has 2 unspecified atom stereocenters. The Morgan fingerprint density at radius 2 is 1.90 bits per heavy atom. The maximum Gasteiger partial charge on any atom is 0.0510 e. The van der Waals surface area contributed by atoms with Gasteiger partial charge >= 0.3 is 0 Å².